The van der Waals surface area contributed by atoms with Crippen LogP contribution in [0.3, 0.4) is 0 Å². The Morgan fingerprint density at radius 3 is 2.62 bits per heavy atom. The predicted molar refractivity (Wildman–Crippen MR) is 60.2 cm³/mol. The van der Waals surface area contributed by atoms with Gasteiger partial charge in [-0.05, 0) is 24.1 Å². The summed E-state index contributed by atoms with van der Waals surface area (Å²) in [6.45, 7) is 2.09. The zero-order valence-corrected chi connectivity index (χ0v) is 9.60. The Hall–Kier alpha value is -1.51. The van der Waals surface area contributed by atoms with Crippen molar-refractivity contribution < 1.29 is 14.3 Å². The highest BCUT2D eigenvalue weighted by molar-refractivity contribution is 5.72. The first-order chi connectivity index (χ1) is 7.74. The van der Waals surface area contributed by atoms with Crippen molar-refractivity contribution in [3.63, 3.8) is 0 Å². The maximum atomic E-state index is 11.3. The van der Waals surface area contributed by atoms with Crippen molar-refractivity contribution >= 4 is 5.97 Å². The quantitative estimate of drug-likeness (QED) is 0.735. The van der Waals surface area contributed by atoms with E-state index in [1.165, 1.54) is 0 Å². The first-order valence-corrected chi connectivity index (χ1v) is 5.58. The summed E-state index contributed by atoms with van der Waals surface area (Å²) in [5, 5.41) is 0. The van der Waals surface area contributed by atoms with Crippen LogP contribution in [0.5, 0.6) is 5.75 Å². The largest absolute Gasteiger partial charge is 0.497 e. The molecule has 2 rings (SSSR count). The van der Waals surface area contributed by atoms with Crippen LogP contribution in [0.15, 0.2) is 24.3 Å². The van der Waals surface area contributed by atoms with Crippen LogP contribution in [0.1, 0.15) is 31.4 Å². The Morgan fingerprint density at radius 1 is 1.38 bits per heavy atom. The van der Waals surface area contributed by atoms with Crippen molar-refractivity contribution in [1.29, 1.82) is 0 Å². The van der Waals surface area contributed by atoms with E-state index in [9.17, 15) is 4.79 Å². The number of methoxy groups -OCH3 is 1. The van der Waals surface area contributed by atoms with E-state index >= 15 is 0 Å². The molecule has 0 saturated carbocycles. The van der Waals surface area contributed by atoms with Crippen molar-refractivity contribution in [1.82, 2.24) is 0 Å². The standard InChI is InChI=1S/C13H16O3/c1-3-9-8-12(14)16-13(9)10-4-6-11(15-2)7-5-10/h4-7,9,13H,3,8H2,1-2H3/t9-,13?/m1/s1. The number of cyclic esters (lactones) is 1. The third-order valence-electron chi connectivity index (χ3n) is 3.08. The average molecular weight is 220 g/mol. The number of esters is 1. The van der Waals surface area contributed by atoms with Crippen LogP contribution in [0, 0.1) is 5.92 Å². The molecule has 0 aliphatic carbocycles. The average Bonchev–Trinajstić information content (AvgIpc) is 2.70. The highest BCUT2D eigenvalue weighted by Gasteiger charge is 2.34. The monoisotopic (exact) mass is 220 g/mol. The summed E-state index contributed by atoms with van der Waals surface area (Å²) >= 11 is 0. The molecule has 1 aromatic rings. The third kappa shape index (κ3) is 2.03. The van der Waals surface area contributed by atoms with E-state index in [2.05, 4.69) is 6.92 Å². The summed E-state index contributed by atoms with van der Waals surface area (Å²) in [7, 11) is 1.64. The molecule has 0 radical (unpaired) electrons. The van der Waals surface area contributed by atoms with Crippen LogP contribution in [0.2, 0.25) is 0 Å². The molecule has 1 unspecified atom stereocenters. The summed E-state index contributed by atoms with van der Waals surface area (Å²) < 4.78 is 10.4. The van der Waals surface area contributed by atoms with E-state index in [1.54, 1.807) is 7.11 Å². The van der Waals surface area contributed by atoms with Gasteiger partial charge in [-0.1, -0.05) is 19.1 Å². The Bertz CT molecular complexity index is 369. The molecule has 1 saturated heterocycles. The molecule has 1 aromatic carbocycles. The van der Waals surface area contributed by atoms with E-state index in [0.717, 1.165) is 17.7 Å². The fourth-order valence-corrected chi connectivity index (χ4v) is 2.10. The normalized spacial score (nSPS) is 24.2. The molecule has 0 spiro atoms. The van der Waals surface area contributed by atoms with Gasteiger partial charge in [-0.2, -0.15) is 0 Å². The third-order valence-corrected chi connectivity index (χ3v) is 3.08. The van der Waals surface area contributed by atoms with E-state index in [4.69, 9.17) is 9.47 Å². The molecule has 1 heterocycles. The van der Waals surface area contributed by atoms with Gasteiger partial charge in [0.25, 0.3) is 0 Å². The maximum Gasteiger partial charge on any atom is 0.306 e. The van der Waals surface area contributed by atoms with Crippen molar-refractivity contribution in [3.8, 4) is 5.75 Å². The molecular weight excluding hydrogens is 204 g/mol. The molecule has 1 fully saturated rings. The minimum Gasteiger partial charge on any atom is -0.497 e. The number of ether oxygens (including phenoxy) is 2. The number of carbonyl (C=O) groups is 1. The maximum absolute atomic E-state index is 11.3. The molecular formula is C13H16O3. The van der Waals surface area contributed by atoms with Crippen molar-refractivity contribution in [2.24, 2.45) is 5.92 Å². The van der Waals surface area contributed by atoms with Crippen LogP contribution in [0.25, 0.3) is 0 Å². The van der Waals surface area contributed by atoms with Crippen molar-refractivity contribution in [2.45, 2.75) is 25.9 Å². The Balaban J connectivity index is 2.19. The van der Waals surface area contributed by atoms with Gasteiger partial charge >= 0.3 is 5.97 Å². The van der Waals surface area contributed by atoms with E-state index in [0.29, 0.717) is 12.3 Å². The summed E-state index contributed by atoms with van der Waals surface area (Å²) in [6.07, 6.45) is 1.42. The second kappa shape index (κ2) is 4.56. The Labute approximate surface area is 95.4 Å². The molecule has 16 heavy (non-hydrogen) atoms. The molecule has 0 bridgehead atoms. The van der Waals surface area contributed by atoms with Crippen LogP contribution in [0.4, 0.5) is 0 Å². The number of hydrogen-bond acceptors (Lipinski definition) is 3. The van der Waals surface area contributed by atoms with Crippen molar-refractivity contribution in [2.75, 3.05) is 7.11 Å². The first-order valence-electron chi connectivity index (χ1n) is 5.58. The van der Waals surface area contributed by atoms with Gasteiger partial charge in [-0.3, -0.25) is 4.79 Å². The molecule has 0 amide bonds. The number of hydrogen-bond donors (Lipinski definition) is 0. The minimum atomic E-state index is -0.0901. The van der Waals surface area contributed by atoms with Crippen molar-refractivity contribution in [3.05, 3.63) is 29.8 Å². The second-order valence-corrected chi connectivity index (χ2v) is 4.06. The lowest BCUT2D eigenvalue weighted by Gasteiger charge is -2.16. The molecule has 86 valence electrons. The zero-order valence-electron chi connectivity index (χ0n) is 9.60. The van der Waals surface area contributed by atoms with Crippen LogP contribution >= 0.6 is 0 Å². The fourth-order valence-electron chi connectivity index (χ4n) is 2.10. The van der Waals surface area contributed by atoms with Crippen LogP contribution < -0.4 is 4.74 Å². The number of rotatable bonds is 3. The lowest BCUT2D eigenvalue weighted by atomic mass is 9.93. The van der Waals surface area contributed by atoms with Gasteiger partial charge in [0.2, 0.25) is 0 Å². The Kier molecular flexibility index (Phi) is 3.13. The van der Waals surface area contributed by atoms with Crippen LogP contribution in [-0.4, -0.2) is 13.1 Å². The molecule has 0 aromatic heterocycles. The molecule has 3 nitrogen and oxygen atoms in total. The predicted octanol–water partition coefficient (Wildman–Crippen LogP) is 2.71. The van der Waals surface area contributed by atoms with Gasteiger partial charge in [0.15, 0.2) is 0 Å². The zero-order chi connectivity index (χ0) is 11.5. The van der Waals surface area contributed by atoms with Gasteiger partial charge in [0, 0.05) is 5.92 Å². The van der Waals surface area contributed by atoms with Gasteiger partial charge in [0.1, 0.15) is 11.9 Å². The Morgan fingerprint density at radius 2 is 2.06 bits per heavy atom. The topological polar surface area (TPSA) is 35.5 Å². The van der Waals surface area contributed by atoms with Gasteiger partial charge in [0.05, 0.1) is 13.5 Å². The van der Waals surface area contributed by atoms with Crippen LogP contribution in [-0.2, 0) is 9.53 Å². The molecule has 0 N–H and O–H groups in total. The summed E-state index contributed by atoms with van der Waals surface area (Å²) in [6, 6.07) is 7.72. The SMILES string of the molecule is CC[C@@H]1CC(=O)OC1c1ccc(OC)cc1. The van der Waals surface area contributed by atoms with E-state index in [1.807, 2.05) is 24.3 Å². The van der Waals surface area contributed by atoms with E-state index in [-0.39, 0.29) is 12.1 Å². The van der Waals surface area contributed by atoms with Gasteiger partial charge < -0.3 is 9.47 Å². The number of carbonyl (C=O) groups excluding carboxylic acids is 1. The van der Waals surface area contributed by atoms with E-state index < -0.39 is 0 Å². The fraction of sp³-hybridized carbons (Fsp3) is 0.462. The minimum absolute atomic E-state index is 0.0802. The summed E-state index contributed by atoms with van der Waals surface area (Å²) in [5.74, 6) is 1.04. The molecule has 2 atom stereocenters. The summed E-state index contributed by atoms with van der Waals surface area (Å²) in [5.41, 5.74) is 1.05. The smallest absolute Gasteiger partial charge is 0.306 e. The van der Waals surface area contributed by atoms with Gasteiger partial charge in [-0.15, -0.1) is 0 Å². The molecule has 1 aliphatic rings. The lowest BCUT2D eigenvalue weighted by Crippen LogP contribution is -2.06. The molecule has 1 aliphatic heterocycles. The number of benzene rings is 1. The molecule has 3 heteroatoms. The first kappa shape index (κ1) is 11.0. The van der Waals surface area contributed by atoms with Gasteiger partial charge in [-0.25, -0.2) is 0 Å². The second-order valence-electron chi connectivity index (χ2n) is 4.06. The summed E-state index contributed by atoms with van der Waals surface area (Å²) in [4.78, 5) is 11.3. The lowest BCUT2D eigenvalue weighted by molar-refractivity contribution is -0.141. The highest BCUT2D eigenvalue weighted by Crippen LogP contribution is 2.37. The highest BCUT2D eigenvalue weighted by atomic mass is 16.5.